The first kappa shape index (κ1) is 89.1. The number of rotatable bonds is 70. The number of carbonyl (C=O) groups excluding carboxylic acids is 4. The van der Waals surface area contributed by atoms with Crippen LogP contribution in [0, 0.1) is 17.8 Å². The first-order chi connectivity index (χ1) is 43.8. The van der Waals surface area contributed by atoms with Crippen molar-refractivity contribution in [3.63, 3.8) is 0 Å². The Labute approximate surface area is 556 Å². The molecule has 0 spiro atoms. The van der Waals surface area contributed by atoms with E-state index in [9.17, 15) is 43.2 Å². The summed E-state index contributed by atoms with van der Waals surface area (Å²) in [4.78, 5) is 72.5. The van der Waals surface area contributed by atoms with E-state index >= 15 is 0 Å². The highest BCUT2D eigenvalue weighted by atomic mass is 31.2. The van der Waals surface area contributed by atoms with Gasteiger partial charge in [-0.2, -0.15) is 0 Å². The Morgan fingerprint density at radius 2 is 0.560 bits per heavy atom. The summed E-state index contributed by atoms with van der Waals surface area (Å²) in [5, 5.41) is 10.6. The third-order valence-electron chi connectivity index (χ3n) is 17.4. The Bertz CT molecular complexity index is 1790. The van der Waals surface area contributed by atoms with Crippen LogP contribution >= 0.6 is 15.6 Å². The van der Waals surface area contributed by atoms with Crippen molar-refractivity contribution in [3.05, 3.63) is 0 Å². The van der Waals surface area contributed by atoms with Crippen LogP contribution in [-0.2, 0) is 65.4 Å². The van der Waals surface area contributed by atoms with E-state index in [4.69, 9.17) is 37.0 Å². The van der Waals surface area contributed by atoms with Crippen molar-refractivity contribution in [1.82, 2.24) is 0 Å². The van der Waals surface area contributed by atoms with Crippen molar-refractivity contribution >= 4 is 39.5 Å². The molecule has 0 aliphatic heterocycles. The van der Waals surface area contributed by atoms with Crippen molar-refractivity contribution in [2.75, 3.05) is 39.6 Å². The summed E-state index contributed by atoms with van der Waals surface area (Å²) in [6.45, 7) is 11.8. The predicted octanol–water partition coefficient (Wildman–Crippen LogP) is 20.6. The maximum absolute atomic E-state index is 13.0. The van der Waals surface area contributed by atoms with Gasteiger partial charge in [0.05, 0.1) is 26.4 Å². The first-order valence-corrected chi connectivity index (χ1v) is 40.4. The first-order valence-electron chi connectivity index (χ1n) is 37.4. The monoisotopic (exact) mass is 1340 g/mol. The molecular weight excluding hydrogens is 1200 g/mol. The number of aliphatic hydroxyl groups excluding tert-OH is 1. The van der Waals surface area contributed by atoms with Crippen molar-refractivity contribution in [1.29, 1.82) is 0 Å². The molecule has 0 aromatic carbocycles. The Hall–Kier alpha value is -1.94. The second-order valence-corrected chi connectivity index (χ2v) is 29.8. The van der Waals surface area contributed by atoms with Crippen molar-refractivity contribution in [2.45, 2.75) is 381 Å². The summed E-state index contributed by atoms with van der Waals surface area (Å²) in [7, 11) is -9.90. The number of aliphatic hydroxyl groups is 1. The minimum atomic E-state index is -4.95. The zero-order valence-electron chi connectivity index (χ0n) is 59.3. The maximum Gasteiger partial charge on any atom is 0.472 e. The molecule has 91 heavy (non-hydrogen) atoms. The third-order valence-corrected chi connectivity index (χ3v) is 19.3. The highest BCUT2D eigenvalue weighted by molar-refractivity contribution is 7.47. The number of phosphoric acid groups is 2. The molecule has 4 unspecified atom stereocenters. The molecule has 0 aliphatic carbocycles. The maximum atomic E-state index is 13.0. The molecule has 17 nitrogen and oxygen atoms in total. The number of carbonyl (C=O) groups is 4. The van der Waals surface area contributed by atoms with E-state index in [2.05, 4.69) is 48.5 Å². The molecule has 0 aromatic rings. The molecule has 0 saturated carbocycles. The number of phosphoric ester groups is 2. The van der Waals surface area contributed by atoms with Crippen molar-refractivity contribution < 1.29 is 80.2 Å². The van der Waals surface area contributed by atoms with Crippen molar-refractivity contribution in [2.24, 2.45) is 17.8 Å². The fourth-order valence-electron chi connectivity index (χ4n) is 10.8. The summed E-state index contributed by atoms with van der Waals surface area (Å²) in [5.74, 6) is 0.153. The molecule has 7 atom stereocenters. The van der Waals surface area contributed by atoms with Gasteiger partial charge in [-0.25, -0.2) is 9.13 Å². The average molecular weight is 1340 g/mol. The lowest BCUT2D eigenvalue weighted by Gasteiger charge is -2.21. The highest BCUT2D eigenvalue weighted by Gasteiger charge is 2.30. The van der Waals surface area contributed by atoms with Crippen LogP contribution in [0.25, 0.3) is 0 Å². The molecule has 0 amide bonds. The van der Waals surface area contributed by atoms with Gasteiger partial charge >= 0.3 is 39.5 Å². The molecular formula is C72H140O17P2. The second kappa shape index (κ2) is 62.8. The largest absolute Gasteiger partial charge is 0.472 e. The normalized spacial score (nSPS) is 14.8. The van der Waals surface area contributed by atoms with Crippen molar-refractivity contribution in [3.8, 4) is 0 Å². The van der Waals surface area contributed by atoms with Crippen LogP contribution in [0.15, 0.2) is 0 Å². The number of esters is 4. The van der Waals surface area contributed by atoms with Crippen LogP contribution in [0.3, 0.4) is 0 Å². The smallest absolute Gasteiger partial charge is 0.462 e. The average Bonchev–Trinajstić information content (AvgIpc) is 3.70. The van der Waals surface area contributed by atoms with Gasteiger partial charge in [-0.05, 0) is 43.4 Å². The minimum Gasteiger partial charge on any atom is -0.462 e. The zero-order chi connectivity index (χ0) is 67.3. The van der Waals surface area contributed by atoms with Gasteiger partial charge in [0.15, 0.2) is 12.2 Å². The third kappa shape index (κ3) is 63.9. The van der Waals surface area contributed by atoms with Gasteiger partial charge in [0.2, 0.25) is 0 Å². The zero-order valence-corrected chi connectivity index (χ0v) is 61.1. The van der Waals surface area contributed by atoms with Crippen LogP contribution in [0.1, 0.15) is 363 Å². The van der Waals surface area contributed by atoms with E-state index in [0.717, 1.165) is 115 Å². The number of ether oxygens (including phenoxy) is 4. The molecule has 0 bridgehead atoms. The van der Waals surface area contributed by atoms with E-state index in [1.807, 2.05) is 0 Å². The molecule has 0 rings (SSSR count). The Morgan fingerprint density at radius 3 is 0.835 bits per heavy atom. The molecule has 3 N–H and O–H groups in total. The number of hydrogen-bond donors (Lipinski definition) is 3. The molecule has 0 aromatic heterocycles. The predicted molar refractivity (Wildman–Crippen MR) is 368 cm³/mol. The fourth-order valence-corrected chi connectivity index (χ4v) is 12.4. The lowest BCUT2D eigenvalue weighted by atomic mass is 9.99. The molecule has 540 valence electrons. The highest BCUT2D eigenvalue weighted by Crippen LogP contribution is 2.45. The van der Waals surface area contributed by atoms with Gasteiger partial charge in [0, 0.05) is 25.7 Å². The molecule has 0 aliphatic rings. The Balaban J connectivity index is 5.13. The SMILES string of the molecule is CCCCCCCCCCCCC(=O)O[C@H](COC(=O)CCCCCCCCC(C)C)COP(=O)(O)OC[C@H](O)COP(=O)(O)OC[C@@H](COC(=O)CCCCCCCCC(C)CC)OC(=O)CCCCCCCCCCCCCCCCCCCCC(C)CC. The van der Waals surface area contributed by atoms with Gasteiger partial charge in [-0.1, -0.05) is 312 Å². The lowest BCUT2D eigenvalue weighted by molar-refractivity contribution is -0.161. The summed E-state index contributed by atoms with van der Waals surface area (Å²) in [5.41, 5.74) is 0. The van der Waals surface area contributed by atoms with Gasteiger partial charge < -0.3 is 33.8 Å². The topological polar surface area (TPSA) is 237 Å². The van der Waals surface area contributed by atoms with Crippen LogP contribution in [0.2, 0.25) is 0 Å². The number of hydrogen-bond acceptors (Lipinski definition) is 15. The Morgan fingerprint density at radius 1 is 0.319 bits per heavy atom. The van der Waals surface area contributed by atoms with E-state index < -0.39 is 97.5 Å². The summed E-state index contributed by atoms with van der Waals surface area (Å²) < 4.78 is 68.2. The van der Waals surface area contributed by atoms with Crippen LogP contribution in [0.4, 0.5) is 0 Å². The summed E-state index contributed by atoms with van der Waals surface area (Å²) in [6, 6.07) is 0. The lowest BCUT2D eigenvalue weighted by Crippen LogP contribution is -2.30. The van der Waals surface area contributed by atoms with Gasteiger partial charge in [0.1, 0.15) is 19.3 Å². The molecule has 19 heteroatoms. The van der Waals surface area contributed by atoms with Crippen LogP contribution in [0.5, 0.6) is 0 Å². The van der Waals surface area contributed by atoms with Crippen LogP contribution < -0.4 is 0 Å². The number of unbranched alkanes of at least 4 members (excludes halogenated alkanes) is 36. The molecule has 0 radical (unpaired) electrons. The molecule has 0 saturated heterocycles. The van der Waals surface area contributed by atoms with E-state index in [-0.39, 0.29) is 25.7 Å². The minimum absolute atomic E-state index is 0.105. The standard InChI is InChI=1S/C72H140O17P2/c1-8-11-12-13-14-15-27-30-41-48-55-71(76)88-67(59-82-69(74)53-46-39-34-32-36-43-50-63(4)5)61-86-90(78,79)84-57-66(73)58-85-91(80,81)87-62-68(60-83-70(75)54-47-40-35-33-38-45-52-65(7)10-3)89-72(77)56-49-42-31-28-25-23-21-19-17-16-18-20-22-24-26-29-37-44-51-64(6)9-2/h63-68,73H,8-62H2,1-7H3,(H,78,79)(H,80,81)/t64?,65?,66-,67+,68+/m0/s1. The van der Waals surface area contributed by atoms with Crippen LogP contribution in [-0.4, -0.2) is 96.7 Å². The van der Waals surface area contributed by atoms with Gasteiger partial charge in [0.25, 0.3) is 0 Å². The van der Waals surface area contributed by atoms with E-state index in [0.29, 0.717) is 31.6 Å². The van der Waals surface area contributed by atoms with E-state index in [1.165, 1.54) is 161 Å². The molecule has 0 heterocycles. The second-order valence-electron chi connectivity index (χ2n) is 26.9. The summed E-state index contributed by atoms with van der Waals surface area (Å²) in [6.07, 6.45) is 47.5. The molecule has 0 fully saturated rings. The fraction of sp³-hybridized carbons (Fsp3) is 0.944. The van der Waals surface area contributed by atoms with E-state index in [1.54, 1.807) is 0 Å². The summed E-state index contributed by atoms with van der Waals surface area (Å²) >= 11 is 0. The quantitative estimate of drug-likeness (QED) is 0.0222. The Kier molecular flexibility index (Phi) is 61.5. The van der Waals surface area contributed by atoms with Gasteiger partial charge in [-0.3, -0.25) is 37.3 Å². The van der Waals surface area contributed by atoms with Gasteiger partial charge in [-0.15, -0.1) is 0 Å².